The Bertz CT molecular complexity index is 1290. The molecular formula is C27H24BrN3O3. The van der Waals surface area contributed by atoms with Crippen molar-refractivity contribution < 1.29 is 14.3 Å². The van der Waals surface area contributed by atoms with Gasteiger partial charge in [0.1, 0.15) is 17.4 Å². The summed E-state index contributed by atoms with van der Waals surface area (Å²) in [5.74, 6) is -0.303. The Labute approximate surface area is 207 Å². The molecule has 0 fully saturated rings. The van der Waals surface area contributed by atoms with Gasteiger partial charge in [0.15, 0.2) is 6.61 Å². The number of ether oxygens (including phenoxy) is 1. The number of carbonyl (C=O) groups is 2. The number of rotatable bonds is 7. The Morgan fingerprint density at radius 3 is 2.32 bits per heavy atom. The molecule has 0 atom stereocenters. The summed E-state index contributed by atoms with van der Waals surface area (Å²) in [6.07, 6.45) is 1.50. The first-order chi connectivity index (χ1) is 16.2. The van der Waals surface area contributed by atoms with Crippen molar-refractivity contribution in [2.24, 2.45) is 0 Å². The van der Waals surface area contributed by atoms with Crippen molar-refractivity contribution in [1.29, 1.82) is 5.26 Å². The number of nitrogens with zero attached hydrogens (tertiary/aromatic N) is 1. The molecule has 0 aliphatic carbocycles. The standard InChI is InChI=1S/C27H24BrN3O3/c1-17-4-8-22(9-5-17)30-26(32)16-34-25-11-7-20(14-23(25)28)13-21(15-29)27(33)31-24-10-6-18(2)12-19(24)3/h4-14H,16H2,1-3H3,(H,30,32)(H,31,33)/b21-13+. The number of benzene rings is 3. The smallest absolute Gasteiger partial charge is 0.266 e. The maximum atomic E-state index is 12.6. The summed E-state index contributed by atoms with van der Waals surface area (Å²) in [4.78, 5) is 24.8. The lowest BCUT2D eigenvalue weighted by molar-refractivity contribution is -0.118. The SMILES string of the molecule is Cc1ccc(NC(=O)COc2ccc(/C=C(\C#N)C(=O)Nc3ccc(C)cc3C)cc2Br)cc1. The van der Waals surface area contributed by atoms with E-state index in [0.29, 0.717) is 27.2 Å². The summed E-state index contributed by atoms with van der Waals surface area (Å²) in [6, 6.07) is 20.2. The zero-order valence-electron chi connectivity index (χ0n) is 19.1. The maximum absolute atomic E-state index is 12.6. The highest BCUT2D eigenvalue weighted by atomic mass is 79.9. The summed E-state index contributed by atoms with van der Waals surface area (Å²) in [5.41, 5.74) is 5.07. The predicted octanol–water partition coefficient (Wildman–Crippen LogP) is 5.94. The van der Waals surface area contributed by atoms with Gasteiger partial charge in [0.2, 0.25) is 0 Å². The molecule has 0 spiro atoms. The number of nitriles is 1. The number of carbonyl (C=O) groups excluding carboxylic acids is 2. The lowest BCUT2D eigenvalue weighted by Gasteiger charge is -2.10. The van der Waals surface area contributed by atoms with Crippen LogP contribution in [0.15, 0.2) is 70.7 Å². The fraction of sp³-hybridized carbons (Fsp3) is 0.148. The average molecular weight is 518 g/mol. The molecule has 0 bridgehead atoms. The van der Waals surface area contributed by atoms with Crippen LogP contribution in [0.2, 0.25) is 0 Å². The number of aryl methyl sites for hydroxylation is 3. The topological polar surface area (TPSA) is 91.2 Å². The van der Waals surface area contributed by atoms with E-state index in [-0.39, 0.29) is 18.1 Å². The fourth-order valence-corrected chi connectivity index (χ4v) is 3.67. The number of halogens is 1. The van der Waals surface area contributed by atoms with Gasteiger partial charge >= 0.3 is 0 Å². The average Bonchev–Trinajstić information content (AvgIpc) is 2.80. The second-order valence-corrected chi connectivity index (χ2v) is 8.69. The Morgan fingerprint density at radius 2 is 1.68 bits per heavy atom. The van der Waals surface area contributed by atoms with Crippen molar-refractivity contribution in [3.05, 3.63) is 93.0 Å². The van der Waals surface area contributed by atoms with Crippen LogP contribution in [-0.4, -0.2) is 18.4 Å². The van der Waals surface area contributed by atoms with E-state index in [0.717, 1.165) is 16.7 Å². The molecule has 3 aromatic carbocycles. The molecule has 3 rings (SSSR count). The second-order valence-electron chi connectivity index (χ2n) is 7.84. The minimum absolute atomic E-state index is 0.0296. The highest BCUT2D eigenvalue weighted by Crippen LogP contribution is 2.27. The Balaban J connectivity index is 1.64. The molecule has 0 heterocycles. The molecular weight excluding hydrogens is 494 g/mol. The molecule has 2 N–H and O–H groups in total. The van der Waals surface area contributed by atoms with Gasteiger partial charge in [-0.05, 0) is 84.2 Å². The van der Waals surface area contributed by atoms with Crippen molar-refractivity contribution in [1.82, 2.24) is 0 Å². The highest BCUT2D eigenvalue weighted by Gasteiger charge is 2.12. The van der Waals surface area contributed by atoms with E-state index in [1.807, 2.05) is 69.3 Å². The normalized spacial score (nSPS) is 10.9. The second kappa shape index (κ2) is 11.3. The Morgan fingerprint density at radius 1 is 0.971 bits per heavy atom. The Kier molecular flexibility index (Phi) is 8.23. The van der Waals surface area contributed by atoms with Crippen LogP contribution >= 0.6 is 15.9 Å². The van der Waals surface area contributed by atoms with Crippen LogP contribution in [-0.2, 0) is 9.59 Å². The van der Waals surface area contributed by atoms with Gasteiger partial charge in [0, 0.05) is 11.4 Å². The molecule has 0 aliphatic heterocycles. The third-order valence-electron chi connectivity index (χ3n) is 4.96. The first-order valence-corrected chi connectivity index (χ1v) is 11.3. The van der Waals surface area contributed by atoms with Crippen molar-refractivity contribution in [3.8, 4) is 11.8 Å². The number of amides is 2. The zero-order chi connectivity index (χ0) is 24.7. The van der Waals surface area contributed by atoms with Gasteiger partial charge in [0.05, 0.1) is 4.47 Å². The van der Waals surface area contributed by atoms with E-state index < -0.39 is 5.91 Å². The van der Waals surface area contributed by atoms with Crippen LogP contribution in [0, 0.1) is 32.1 Å². The monoisotopic (exact) mass is 517 g/mol. The maximum Gasteiger partial charge on any atom is 0.266 e. The van der Waals surface area contributed by atoms with Crippen molar-refractivity contribution in [3.63, 3.8) is 0 Å². The van der Waals surface area contributed by atoms with Crippen LogP contribution in [0.25, 0.3) is 6.08 Å². The van der Waals surface area contributed by atoms with E-state index in [9.17, 15) is 14.9 Å². The third-order valence-corrected chi connectivity index (χ3v) is 5.58. The molecule has 0 aromatic heterocycles. The highest BCUT2D eigenvalue weighted by molar-refractivity contribution is 9.10. The number of hydrogen-bond acceptors (Lipinski definition) is 4. The van der Waals surface area contributed by atoms with Gasteiger partial charge in [0.25, 0.3) is 11.8 Å². The van der Waals surface area contributed by atoms with Crippen molar-refractivity contribution in [2.45, 2.75) is 20.8 Å². The van der Waals surface area contributed by atoms with Gasteiger partial charge in [-0.1, -0.05) is 41.5 Å². The van der Waals surface area contributed by atoms with Crippen LogP contribution in [0.4, 0.5) is 11.4 Å². The molecule has 3 aromatic rings. The number of nitrogens with one attached hydrogen (secondary N) is 2. The van der Waals surface area contributed by atoms with Gasteiger partial charge in [-0.3, -0.25) is 9.59 Å². The molecule has 2 amide bonds. The van der Waals surface area contributed by atoms with E-state index >= 15 is 0 Å². The summed E-state index contributed by atoms with van der Waals surface area (Å²) in [7, 11) is 0. The summed E-state index contributed by atoms with van der Waals surface area (Å²) < 4.78 is 6.20. The molecule has 172 valence electrons. The van der Waals surface area contributed by atoms with Gasteiger partial charge < -0.3 is 15.4 Å². The van der Waals surface area contributed by atoms with E-state index in [2.05, 4.69) is 26.6 Å². The molecule has 6 nitrogen and oxygen atoms in total. The molecule has 7 heteroatoms. The predicted molar refractivity (Wildman–Crippen MR) is 138 cm³/mol. The molecule has 34 heavy (non-hydrogen) atoms. The van der Waals surface area contributed by atoms with Gasteiger partial charge in [-0.15, -0.1) is 0 Å². The first kappa shape index (κ1) is 24.7. The number of anilines is 2. The minimum Gasteiger partial charge on any atom is -0.483 e. The first-order valence-electron chi connectivity index (χ1n) is 10.5. The molecule has 0 aliphatic rings. The molecule has 0 saturated carbocycles. The van der Waals surface area contributed by atoms with Crippen LogP contribution in [0.5, 0.6) is 5.75 Å². The van der Waals surface area contributed by atoms with E-state index in [1.165, 1.54) is 6.08 Å². The molecule has 0 radical (unpaired) electrons. The summed E-state index contributed by atoms with van der Waals surface area (Å²) in [5, 5.41) is 15.0. The van der Waals surface area contributed by atoms with Crippen LogP contribution in [0.3, 0.4) is 0 Å². The summed E-state index contributed by atoms with van der Waals surface area (Å²) >= 11 is 3.42. The lowest BCUT2D eigenvalue weighted by atomic mass is 10.1. The summed E-state index contributed by atoms with van der Waals surface area (Å²) in [6.45, 7) is 5.68. The molecule has 0 saturated heterocycles. The largest absolute Gasteiger partial charge is 0.483 e. The van der Waals surface area contributed by atoms with Crippen LogP contribution in [0.1, 0.15) is 22.3 Å². The van der Waals surface area contributed by atoms with Gasteiger partial charge in [-0.25, -0.2) is 0 Å². The van der Waals surface area contributed by atoms with Gasteiger partial charge in [-0.2, -0.15) is 5.26 Å². The third kappa shape index (κ3) is 6.80. The van der Waals surface area contributed by atoms with Crippen molar-refractivity contribution in [2.75, 3.05) is 17.2 Å². The fourth-order valence-electron chi connectivity index (χ4n) is 3.16. The lowest BCUT2D eigenvalue weighted by Crippen LogP contribution is -2.20. The zero-order valence-corrected chi connectivity index (χ0v) is 20.7. The minimum atomic E-state index is -0.487. The Hall–Kier alpha value is -3.89. The quantitative estimate of drug-likeness (QED) is 0.299. The number of hydrogen-bond donors (Lipinski definition) is 2. The van der Waals surface area contributed by atoms with E-state index in [1.54, 1.807) is 18.2 Å². The van der Waals surface area contributed by atoms with Crippen LogP contribution < -0.4 is 15.4 Å². The molecule has 0 unspecified atom stereocenters. The van der Waals surface area contributed by atoms with E-state index in [4.69, 9.17) is 4.74 Å². The van der Waals surface area contributed by atoms with Crippen molar-refractivity contribution >= 4 is 45.2 Å².